The molecule has 0 atom stereocenters. The van der Waals surface area contributed by atoms with Crippen LogP contribution in [0.25, 0.3) is 11.0 Å². The Kier molecular flexibility index (Phi) is 2.04. The van der Waals surface area contributed by atoms with Crippen molar-refractivity contribution in [3.05, 3.63) is 30.1 Å². The number of fused-ring (bicyclic) bond motifs is 1. The second kappa shape index (κ2) is 3.67. The second-order valence-corrected chi connectivity index (χ2v) is 3.29. The Hall–Kier alpha value is -2.77. The molecule has 0 fully saturated rings. The second-order valence-electron chi connectivity index (χ2n) is 3.29. The van der Waals surface area contributed by atoms with Gasteiger partial charge in [0, 0.05) is 0 Å². The van der Waals surface area contributed by atoms with Crippen LogP contribution in [0.1, 0.15) is 10.6 Å². The first-order chi connectivity index (χ1) is 8.33. The zero-order valence-electron chi connectivity index (χ0n) is 8.51. The van der Waals surface area contributed by atoms with E-state index in [4.69, 9.17) is 0 Å². The first-order valence-electron chi connectivity index (χ1n) is 4.82. The van der Waals surface area contributed by atoms with Crippen LogP contribution in [0.4, 0.5) is 5.95 Å². The van der Waals surface area contributed by atoms with Crippen LogP contribution in [0.15, 0.2) is 24.3 Å². The summed E-state index contributed by atoms with van der Waals surface area (Å²) in [5.74, 6) is -0.163. The van der Waals surface area contributed by atoms with Crippen LogP contribution < -0.4 is 5.32 Å². The number of nitrogens with zero attached hydrogens (tertiary/aromatic N) is 4. The van der Waals surface area contributed by atoms with Gasteiger partial charge in [-0.05, 0) is 17.3 Å². The zero-order chi connectivity index (χ0) is 11.7. The minimum atomic E-state index is -0.474. The molecule has 1 amide bonds. The van der Waals surface area contributed by atoms with Crippen molar-refractivity contribution in [1.29, 1.82) is 0 Å². The molecular formula is C9H7N7O. The number of aromatic amines is 2. The summed E-state index contributed by atoms with van der Waals surface area (Å²) in [7, 11) is 0. The Bertz CT molecular complexity index is 624. The van der Waals surface area contributed by atoms with Gasteiger partial charge in [-0.15, -0.1) is 10.2 Å². The topological polar surface area (TPSA) is 112 Å². The van der Waals surface area contributed by atoms with Crippen molar-refractivity contribution in [2.24, 2.45) is 0 Å². The fraction of sp³-hybridized carbons (Fsp3) is 0. The van der Waals surface area contributed by atoms with Gasteiger partial charge in [-0.3, -0.25) is 10.1 Å². The molecule has 2 aromatic heterocycles. The van der Waals surface area contributed by atoms with E-state index in [2.05, 4.69) is 35.9 Å². The first-order valence-corrected chi connectivity index (χ1v) is 4.82. The molecule has 0 aliphatic carbocycles. The number of benzene rings is 1. The molecule has 0 spiro atoms. The molecule has 0 aliphatic rings. The van der Waals surface area contributed by atoms with Crippen LogP contribution in [-0.4, -0.2) is 36.5 Å². The van der Waals surface area contributed by atoms with Gasteiger partial charge in [-0.2, -0.15) is 5.21 Å². The van der Waals surface area contributed by atoms with E-state index in [-0.39, 0.29) is 5.82 Å². The van der Waals surface area contributed by atoms with E-state index in [9.17, 15) is 4.79 Å². The lowest BCUT2D eigenvalue weighted by molar-refractivity contribution is 0.101. The van der Waals surface area contributed by atoms with Gasteiger partial charge in [-0.25, -0.2) is 4.98 Å². The predicted molar refractivity (Wildman–Crippen MR) is 58.2 cm³/mol. The molecule has 84 valence electrons. The van der Waals surface area contributed by atoms with Crippen LogP contribution in [0.2, 0.25) is 0 Å². The number of tetrazole rings is 1. The number of carbonyl (C=O) groups is 1. The summed E-state index contributed by atoms with van der Waals surface area (Å²) in [4.78, 5) is 18.7. The monoisotopic (exact) mass is 229 g/mol. The summed E-state index contributed by atoms with van der Waals surface area (Å²) in [6.07, 6.45) is 0. The van der Waals surface area contributed by atoms with Crippen LogP contribution >= 0.6 is 0 Å². The molecule has 0 bridgehead atoms. The van der Waals surface area contributed by atoms with Gasteiger partial charge in [0.25, 0.3) is 11.7 Å². The SMILES string of the molecule is O=C(Nc1nc2ccccc2[nH]1)c1nn[nH]n1. The standard InChI is InChI=1S/C9H7N7O/c17-8(7-13-15-16-14-7)12-9-10-5-3-1-2-4-6(5)11-9/h1-4H,(H2,10,11,12,17)(H,13,14,15,16). The summed E-state index contributed by atoms with van der Waals surface area (Å²) in [6.45, 7) is 0. The van der Waals surface area contributed by atoms with Gasteiger partial charge in [0.05, 0.1) is 11.0 Å². The van der Waals surface area contributed by atoms with Crippen molar-refractivity contribution in [2.45, 2.75) is 0 Å². The van der Waals surface area contributed by atoms with Gasteiger partial charge in [0.15, 0.2) is 0 Å². The number of carbonyl (C=O) groups excluding carboxylic acids is 1. The maximum atomic E-state index is 11.6. The summed E-state index contributed by atoms with van der Waals surface area (Å²) < 4.78 is 0. The maximum absolute atomic E-state index is 11.6. The summed E-state index contributed by atoms with van der Waals surface area (Å²) in [5, 5.41) is 15.2. The average Bonchev–Trinajstić information content (AvgIpc) is 2.97. The molecule has 8 heteroatoms. The van der Waals surface area contributed by atoms with Crippen LogP contribution in [0.3, 0.4) is 0 Å². The Morgan fingerprint density at radius 2 is 2.18 bits per heavy atom. The van der Waals surface area contributed by atoms with E-state index in [0.717, 1.165) is 11.0 Å². The van der Waals surface area contributed by atoms with Gasteiger partial charge >= 0.3 is 0 Å². The number of amides is 1. The highest BCUT2D eigenvalue weighted by molar-refractivity contribution is 6.00. The summed E-state index contributed by atoms with van der Waals surface area (Å²) >= 11 is 0. The number of rotatable bonds is 2. The number of imidazole rings is 1. The number of nitrogens with one attached hydrogen (secondary N) is 3. The van der Waals surface area contributed by atoms with Crippen molar-refractivity contribution in [1.82, 2.24) is 30.6 Å². The summed E-state index contributed by atoms with van der Waals surface area (Å²) in [6, 6.07) is 7.46. The van der Waals surface area contributed by atoms with E-state index in [1.165, 1.54) is 0 Å². The highest BCUT2D eigenvalue weighted by Crippen LogP contribution is 2.13. The molecule has 3 N–H and O–H groups in total. The van der Waals surface area contributed by atoms with Crippen molar-refractivity contribution in [3.63, 3.8) is 0 Å². The van der Waals surface area contributed by atoms with E-state index in [0.29, 0.717) is 5.95 Å². The number of H-pyrrole nitrogens is 2. The van der Waals surface area contributed by atoms with E-state index in [1.807, 2.05) is 24.3 Å². The number of hydrogen-bond acceptors (Lipinski definition) is 5. The van der Waals surface area contributed by atoms with Crippen LogP contribution in [0.5, 0.6) is 0 Å². The van der Waals surface area contributed by atoms with Crippen LogP contribution in [0, 0.1) is 0 Å². The third kappa shape index (κ3) is 1.71. The van der Waals surface area contributed by atoms with E-state index >= 15 is 0 Å². The van der Waals surface area contributed by atoms with Gasteiger partial charge in [0.1, 0.15) is 0 Å². The molecule has 8 nitrogen and oxygen atoms in total. The minimum absolute atomic E-state index is 0.0366. The van der Waals surface area contributed by atoms with Crippen molar-refractivity contribution < 1.29 is 4.79 Å². The minimum Gasteiger partial charge on any atom is -0.324 e. The van der Waals surface area contributed by atoms with Crippen molar-refractivity contribution in [3.8, 4) is 0 Å². The van der Waals surface area contributed by atoms with Gasteiger partial charge in [-0.1, -0.05) is 12.1 Å². The quantitative estimate of drug-likeness (QED) is 0.586. The molecule has 1 aromatic carbocycles. The van der Waals surface area contributed by atoms with E-state index < -0.39 is 5.91 Å². The maximum Gasteiger partial charge on any atom is 0.299 e. The largest absolute Gasteiger partial charge is 0.324 e. The molecule has 3 rings (SSSR count). The first kappa shape index (κ1) is 9.46. The third-order valence-corrected chi connectivity index (χ3v) is 2.17. The molecule has 3 aromatic rings. The van der Waals surface area contributed by atoms with E-state index in [1.54, 1.807) is 0 Å². The number of hydrogen-bond donors (Lipinski definition) is 3. The third-order valence-electron chi connectivity index (χ3n) is 2.17. The number of anilines is 1. The average molecular weight is 229 g/mol. The fourth-order valence-corrected chi connectivity index (χ4v) is 1.43. The highest BCUT2D eigenvalue weighted by atomic mass is 16.2. The Balaban J connectivity index is 1.88. The smallest absolute Gasteiger partial charge is 0.299 e. The lowest BCUT2D eigenvalue weighted by Gasteiger charge is -1.94. The Morgan fingerprint density at radius 1 is 1.29 bits per heavy atom. The van der Waals surface area contributed by atoms with Gasteiger partial charge in [0.2, 0.25) is 5.95 Å². The van der Waals surface area contributed by atoms with Crippen LogP contribution in [-0.2, 0) is 0 Å². The zero-order valence-corrected chi connectivity index (χ0v) is 8.51. The highest BCUT2D eigenvalue weighted by Gasteiger charge is 2.12. The van der Waals surface area contributed by atoms with Crippen molar-refractivity contribution >= 4 is 22.9 Å². The Labute approximate surface area is 94.4 Å². The van der Waals surface area contributed by atoms with Gasteiger partial charge < -0.3 is 4.98 Å². The Morgan fingerprint density at radius 3 is 2.94 bits per heavy atom. The lowest BCUT2D eigenvalue weighted by Crippen LogP contribution is -2.14. The molecule has 0 aliphatic heterocycles. The molecule has 17 heavy (non-hydrogen) atoms. The molecule has 2 heterocycles. The number of para-hydroxylation sites is 2. The van der Waals surface area contributed by atoms with Crippen molar-refractivity contribution in [2.75, 3.05) is 5.32 Å². The summed E-state index contributed by atoms with van der Waals surface area (Å²) in [5.41, 5.74) is 1.62. The molecule has 0 saturated heterocycles. The normalized spacial score (nSPS) is 10.6. The molecule has 0 saturated carbocycles. The predicted octanol–water partition coefficient (Wildman–Crippen LogP) is 0.328. The fourth-order valence-electron chi connectivity index (χ4n) is 1.43. The molecular weight excluding hydrogens is 222 g/mol. The molecule has 0 radical (unpaired) electrons. The molecule has 0 unspecified atom stereocenters. The lowest BCUT2D eigenvalue weighted by atomic mass is 10.3. The number of aromatic nitrogens is 6.